The third-order valence-corrected chi connectivity index (χ3v) is 5.62. The Morgan fingerprint density at radius 1 is 0.853 bits per heavy atom. The van der Waals surface area contributed by atoms with Gasteiger partial charge in [0.15, 0.2) is 11.5 Å². The summed E-state index contributed by atoms with van der Waals surface area (Å²) in [6, 6.07) is 6.01. The molecule has 1 fully saturated rings. The molecule has 0 bridgehead atoms. The van der Waals surface area contributed by atoms with Gasteiger partial charge in [-0.2, -0.15) is 15.0 Å². The Hall–Kier alpha value is -2.89. The Balaban J connectivity index is 1.38. The number of benzene rings is 1. The molecule has 0 saturated heterocycles. The molecule has 1 aromatic heterocycles. The lowest BCUT2D eigenvalue weighted by Crippen LogP contribution is -2.21. The van der Waals surface area contributed by atoms with E-state index >= 15 is 0 Å². The second-order valence-corrected chi connectivity index (χ2v) is 8.27. The molecule has 0 unspecified atom stereocenters. The van der Waals surface area contributed by atoms with Crippen LogP contribution in [0.1, 0.15) is 38.5 Å². The minimum Gasteiger partial charge on any atom is -0.454 e. The molecule has 2 aromatic rings. The molecule has 1 saturated carbocycles. The zero-order chi connectivity index (χ0) is 23.4. The van der Waals surface area contributed by atoms with Gasteiger partial charge in [-0.15, -0.1) is 0 Å². The van der Waals surface area contributed by atoms with Crippen LogP contribution >= 0.6 is 0 Å². The van der Waals surface area contributed by atoms with Crippen LogP contribution in [0.4, 0.5) is 23.5 Å². The van der Waals surface area contributed by atoms with Crippen LogP contribution in [0, 0.1) is 0 Å². The van der Waals surface area contributed by atoms with Gasteiger partial charge in [-0.25, -0.2) is 0 Å². The topological polar surface area (TPSA) is 138 Å². The van der Waals surface area contributed by atoms with Crippen LogP contribution < -0.4 is 31.2 Å². The summed E-state index contributed by atoms with van der Waals surface area (Å²) in [6.45, 7) is 3.41. The lowest BCUT2D eigenvalue weighted by atomic mass is 10.1. The maximum absolute atomic E-state index is 5.58. The predicted molar refractivity (Wildman–Crippen MR) is 130 cm³/mol. The van der Waals surface area contributed by atoms with Crippen LogP contribution in [-0.2, 0) is 9.47 Å². The predicted octanol–water partition coefficient (Wildman–Crippen LogP) is 2.88. The lowest BCUT2D eigenvalue weighted by Gasteiger charge is -2.17. The molecule has 186 valence electrons. The molecule has 0 spiro atoms. The van der Waals surface area contributed by atoms with Gasteiger partial charge in [0.25, 0.3) is 0 Å². The largest absolute Gasteiger partial charge is 0.454 e. The normalized spacial score (nSPS) is 15.7. The fraction of sp³-hybridized carbons (Fsp3) is 0.609. The fourth-order valence-electron chi connectivity index (χ4n) is 3.93. The number of hydrogen-bond donors (Lipinski definition) is 4. The molecular weight excluding hydrogens is 438 g/mol. The van der Waals surface area contributed by atoms with Crippen LogP contribution in [0.2, 0.25) is 0 Å². The third kappa shape index (κ3) is 7.57. The summed E-state index contributed by atoms with van der Waals surface area (Å²) in [4.78, 5) is 13.8. The van der Waals surface area contributed by atoms with E-state index < -0.39 is 0 Å². The van der Waals surface area contributed by atoms with Crippen LogP contribution in [0.15, 0.2) is 18.2 Å². The Morgan fingerprint density at radius 3 is 2.41 bits per heavy atom. The molecule has 1 aromatic carbocycles. The molecule has 11 nitrogen and oxygen atoms in total. The fourth-order valence-corrected chi connectivity index (χ4v) is 3.93. The Morgan fingerprint density at radius 2 is 1.59 bits per heavy atom. The molecule has 4 rings (SSSR count). The van der Waals surface area contributed by atoms with Gasteiger partial charge in [0, 0.05) is 30.9 Å². The molecule has 0 amide bonds. The van der Waals surface area contributed by atoms with Crippen molar-refractivity contribution in [1.82, 2.24) is 15.0 Å². The summed E-state index contributed by atoms with van der Waals surface area (Å²) in [5.41, 5.74) is 6.21. The first-order valence-electron chi connectivity index (χ1n) is 12.1. The minimum atomic E-state index is 0.231. The van der Waals surface area contributed by atoms with Gasteiger partial charge in [-0.05, 0) is 25.0 Å². The van der Waals surface area contributed by atoms with Crippen molar-refractivity contribution in [3.63, 3.8) is 0 Å². The standard InChI is InChI=1S/C23H35N7O4/c24-9-11-31-13-14-32-12-10-25-21-28-22(26-17-5-3-1-2-4-6-17)30-23(29-21)27-18-7-8-19-20(15-18)34-16-33-19/h7-8,15,17H,1-6,9-14,16,24H2,(H3,25,26,27,28,29,30). The molecule has 11 heteroatoms. The second-order valence-electron chi connectivity index (χ2n) is 8.27. The lowest BCUT2D eigenvalue weighted by molar-refractivity contribution is 0.0547. The van der Waals surface area contributed by atoms with E-state index in [-0.39, 0.29) is 6.79 Å². The van der Waals surface area contributed by atoms with Gasteiger partial charge in [-0.3, -0.25) is 0 Å². The number of rotatable bonds is 13. The molecule has 34 heavy (non-hydrogen) atoms. The van der Waals surface area contributed by atoms with Crippen LogP contribution in [-0.4, -0.2) is 67.3 Å². The molecule has 2 heterocycles. The van der Waals surface area contributed by atoms with Crippen LogP contribution in [0.5, 0.6) is 11.5 Å². The number of nitrogens with two attached hydrogens (primary N) is 1. The van der Waals surface area contributed by atoms with Crippen molar-refractivity contribution in [2.75, 3.05) is 62.3 Å². The SMILES string of the molecule is NCCOCCOCCNc1nc(Nc2ccc3c(c2)OCO3)nc(NC2CCCCCC2)n1. The first-order chi connectivity index (χ1) is 16.8. The summed E-state index contributed by atoms with van der Waals surface area (Å²) in [7, 11) is 0. The number of anilines is 4. The first-order valence-corrected chi connectivity index (χ1v) is 12.1. The van der Waals surface area contributed by atoms with Gasteiger partial charge < -0.3 is 40.6 Å². The Kier molecular flexibility index (Phi) is 9.35. The van der Waals surface area contributed by atoms with E-state index in [9.17, 15) is 0 Å². The first kappa shape index (κ1) is 24.2. The van der Waals surface area contributed by atoms with Crippen molar-refractivity contribution in [3.05, 3.63) is 18.2 Å². The smallest absolute Gasteiger partial charge is 0.233 e. The molecule has 1 aliphatic carbocycles. The second kappa shape index (κ2) is 13.1. The minimum absolute atomic E-state index is 0.231. The molecule has 0 radical (unpaired) electrons. The van der Waals surface area contributed by atoms with E-state index in [2.05, 4.69) is 30.9 Å². The van der Waals surface area contributed by atoms with Crippen molar-refractivity contribution >= 4 is 23.5 Å². The van der Waals surface area contributed by atoms with E-state index in [0.717, 1.165) is 24.3 Å². The van der Waals surface area contributed by atoms with Crippen molar-refractivity contribution in [3.8, 4) is 11.5 Å². The maximum atomic E-state index is 5.58. The number of aromatic nitrogens is 3. The average molecular weight is 474 g/mol. The summed E-state index contributed by atoms with van der Waals surface area (Å²) in [5, 5.41) is 10.0. The number of nitrogens with zero attached hydrogens (tertiary/aromatic N) is 3. The van der Waals surface area contributed by atoms with Crippen molar-refractivity contribution < 1.29 is 18.9 Å². The highest BCUT2D eigenvalue weighted by atomic mass is 16.7. The maximum Gasteiger partial charge on any atom is 0.233 e. The highest BCUT2D eigenvalue weighted by Gasteiger charge is 2.16. The van der Waals surface area contributed by atoms with E-state index in [0.29, 0.717) is 69.2 Å². The number of ether oxygens (including phenoxy) is 4. The molecule has 0 atom stereocenters. The number of hydrogen-bond acceptors (Lipinski definition) is 11. The Bertz CT molecular complexity index is 894. The van der Waals surface area contributed by atoms with Gasteiger partial charge >= 0.3 is 0 Å². The van der Waals surface area contributed by atoms with E-state index in [1.165, 1.54) is 25.7 Å². The molecule has 5 N–H and O–H groups in total. The van der Waals surface area contributed by atoms with Crippen LogP contribution in [0.25, 0.3) is 0 Å². The van der Waals surface area contributed by atoms with Crippen molar-refractivity contribution in [2.24, 2.45) is 5.73 Å². The summed E-state index contributed by atoms with van der Waals surface area (Å²) < 4.78 is 21.8. The van der Waals surface area contributed by atoms with Crippen LogP contribution in [0.3, 0.4) is 0 Å². The van der Waals surface area contributed by atoms with Crippen molar-refractivity contribution in [1.29, 1.82) is 0 Å². The highest BCUT2D eigenvalue weighted by Crippen LogP contribution is 2.35. The summed E-state index contributed by atoms with van der Waals surface area (Å²) in [6.07, 6.45) is 7.27. The zero-order valence-corrected chi connectivity index (χ0v) is 19.6. The van der Waals surface area contributed by atoms with Gasteiger partial charge in [0.2, 0.25) is 24.6 Å². The monoisotopic (exact) mass is 473 g/mol. The highest BCUT2D eigenvalue weighted by molar-refractivity contribution is 5.61. The van der Waals surface area contributed by atoms with E-state index in [4.69, 9.17) is 24.7 Å². The average Bonchev–Trinajstić information content (AvgIpc) is 3.16. The van der Waals surface area contributed by atoms with Crippen molar-refractivity contribution in [2.45, 2.75) is 44.6 Å². The van der Waals surface area contributed by atoms with Gasteiger partial charge in [0.1, 0.15) is 0 Å². The summed E-state index contributed by atoms with van der Waals surface area (Å²) >= 11 is 0. The zero-order valence-electron chi connectivity index (χ0n) is 19.6. The molecule has 1 aliphatic heterocycles. The summed E-state index contributed by atoms with van der Waals surface area (Å²) in [5.74, 6) is 2.92. The van der Waals surface area contributed by atoms with Gasteiger partial charge in [-0.1, -0.05) is 25.7 Å². The third-order valence-electron chi connectivity index (χ3n) is 5.62. The van der Waals surface area contributed by atoms with Gasteiger partial charge in [0.05, 0.1) is 26.4 Å². The van der Waals surface area contributed by atoms with E-state index in [1.54, 1.807) is 0 Å². The number of fused-ring (bicyclic) bond motifs is 1. The molecule has 2 aliphatic rings. The number of nitrogens with one attached hydrogen (secondary N) is 3. The quantitative estimate of drug-likeness (QED) is 0.252. The Labute approximate surface area is 200 Å². The molecular formula is C23H35N7O4. The van der Waals surface area contributed by atoms with E-state index in [1.807, 2.05) is 18.2 Å².